The lowest BCUT2D eigenvalue weighted by Crippen LogP contribution is -2.13. The van der Waals surface area contributed by atoms with Crippen LogP contribution in [-0.4, -0.2) is 29.9 Å². The SMILES string of the molecule is CCOC(=O)c1ccn(S(=O)(=O)c2cc(Cl)ccc2[N+](=O)[O-])c1. The van der Waals surface area contributed by atoms with Gasteiger partial charge < -0.3 is 4.74 Å². The summed E-state index contributed by atoms with van der Waals surface area (Å²) in [6, 6.07) is 4.45. The largest absolute Gasteiger partial charge is 0.462 e. The van der Waals surface area contributed by atoms with Crippen LogP contribution in [-0.2, 0) is 14.8 Å². The monoisotopic (exact) mass is 358 g/mol. The molecule has 10 heteroatoms. The summed E-state index contributed by atoms with van der Waals surface area (Å²) < 4.78 is 30.6. The molecule has 0 saturated heterocycles. The molecule has 0 aliphatic carbocycles. The zero-order valence-corrected chi connectivity index (χ0v) is 13.4. The first-order valence-corrected chi connectivity index (χ1v) is 8.13. The average Bonchev–Trinajstić information content (AvgIpc) is 2.97. The predicted octanol–water partition coefficient (Wildman–Crippen LogP) is 2.46. The molecule has 1 heterocycles. The van der Waals surface area contributed by atoms with Crippen LogP contribution in [0, 0.1) is 10.1 Å². The van der Waals surface area contributed by atoms with Crippen LogP contribution in [0.2, 0.25) is 5.02 Å². The van der Waals surface area contributed by atoms with Crippen molar-refractivity contribution in [1.82, 2.24) is 3.97 Å². The molecule has 0 fully saturated rings. The van der Waals surface area contributed by atoms with E-state index in [1.165, 1.54) is 12.1 Å². The van der Waals surface area contributed by atoms with Crippen molar-refractivity contribution in [3.05, 3.63) is 57.4 Å². The van der Waals surface area contributed by atoms with E-state index in [1.807, 2.05) is 0 Å². The predicted molar refractivity (Wildman–Crippen MR) is 81.1 cm³/mol. The molecule has 0 atom stereocenters. The number of hydrogen-bond acceptors (Lipinski definition) is 6. The first-order chi connectivity index (χ1) is 10.8. The van der Waals surface area contributed by atoms with Gasteiger partial charge in [-0.15, -0.1) is 0 Å². The molecule has 0 bridgehead atoms. The third kappa shape index (κ3) is 3.35. The van der Waals surface area contributed by atoms with E-state index in [1.54, 1.807) is 6.92 Å². The highest BCUT2D eigenvalue weighted by Crippen LogP contribution is 2.29. The summed E-state index contributed by atoms with van der Waals surface area (Å²) in [5.74, 6) is -0.693. The van der Waals surface area contributed by atoms with Gasteiger partial charge in [-0.1, -0.05) is 11.6 Å². The molecule has 2 aromatic rings. The first-order valence-electron chi connectivity index (χ1n) is 6.32. The molecular formula is C13H11ClN2O6S. The summed E-state index contributed by atoms with van der Waals surface area (Å²) >= 11 is 5.74. The van der Waals surface area contributed by atoms with Crippen LogP contribution in [0.3, 0.4) is 0 Å². The Labute approximate surface area is 136 Å². The number of halogens is 1. The number of nitro benzene ring substituents is 1. The Morgan fingerprint density at radius 3 is 2.70 bits per heavy atom. The van der Waals surface area contributed by atoms with E-state index in [2.05, 4.69) is 0 Å². The van der Waals surface area contributed by atoms with Crippen molar-refractivity contribution >= 4 is 33.3 Å². The minimum atomic E-state index is -4.28. The summed E-state index contributed by atoms with van der Waals surface area (Å²) in [5, 5.41) is 11.1. The number of esters is 1. The van der Waals surface area contributed by atoms with Gasteiger partial charge in [-0.2, -0.15) is 0 Å². The molecule has 8 nitrogen and oxygen atoms in total. The average molecular weight is 359 g/mol. The van der Waals surface area contributed by atoms with Crippen LogP contribution >= 0.6 is 11.6 Å². The Bertz CT molecular complexity index is 874. The topological polar surface area (TPSA) is 109 Å². The molecule has 0 spiro atoms. The number of aromatic nitrogens is 1. The molecule has 122 valence electrons. The van der Waals surface area contributed by atoms with Gasteiger partial charge in [0.2, 0.25) is 0 Å². The van der Waals surface area contributed by atoms with Gasteiger partial charge in [-0.25, -0.2) is 17.2 Å². The second-order valence-electron chi connectivity index (χ2n) is 4.32. The van der Waals surface area contributed by atoms with E-state index < -0.39 is 31.5 Å². The number of benzene rings is 1. The molecule has 0 radical (unpaired) electrons. The van der Waals surface area contributed by atoms with E-state index in [-0.39, 0.29) is 17.2 Å². The third-order valence-corrected chi connectivity index (χ3v) is 4.75. The highest BCUT2D eigenvalue weighted by Gasteiger charge is 2.28. The van der Waals surface area contributed by atoms with Gasteiger partial charge in [-0.05, 0) is 25.1 Å². The van der Waals surface area contributed by atoms with Gasteiger partial charge in [0.15, 0.2) is 4.90 Å². The molecule has 2 rings (SSSR count). The van der Waals surface area contributed by atoms with E-state index in [4.69, 9.17) is 16.3 Å². The zero-order chi connectivity index (χ0) is 17.2. The van der Waals surface area contributed by atoms with Crippen molar-refractivity contribution in [2.45, 2.75) is 11.8 Å². The van der Waals surface area contributed by atoms with E-state index >= 15 is 0 Å². The zero-order valence-electron chi connectivity index (χ0n) is 11.8. The second kappa shape index (κ2) is 6.39. The Balaban J connectivity index is 2.53. The summed E-state index contributed by atoms with van der Waals surface area (Å²) in [7, 11) is -4.28. The molecule has 0 unspecified atom stereocenters. The smallest absolute Gasteiger partial charge is 0.339 e. The maximum atomic E-state index is 12.6. The van der Waals surface area contributed by atoms with Crippen LogP contribution in [0.15, 0.2) is 41.6 Å². The van der Waals surface area contributed by atoms with Crippen molar-refractivity contribution < 1.29 is 22.9 Å². The fourth-order valence-electron chi connectivity index (χ4n) is 1.82. The van der Waals surface area contributed by atoms with Gasteiger partial charge in [-0.3, -0.25) is 10.1 Å². The van der Waals surface area contributed by atoms with Crippen LogP contribution < -0.4 is 0 Å². The molecule has 23 heavy (non-hydrogen) atoms. The lowest BCUT2D eigenvalue weighted by molar-refractivity contribution is -0.387. The Kier molecular flexibility index (Phi) is 4.71. The van der Waals surface area contributed by atoms with Gasteiger partial charge in [0.25, 0.3) is 15.7 Å². The fraction of sp³-hybridized carbons (Fsp3) is 0.154. The van der Waals surface area contributed by atoms with Gasteiger partial charge >= 0.3 is 5.97 Å². The first kappa shape index (κ1) is 17.0. The minimum Gasteiger partial charge on any atom is -0.462 e. The number of nitro groups is 1. The van der Waals surface area contributed by atoms with Crippen molar-refractivity contribution in [3.63, 3.8) is 0 Å². The van der Waals surface area contributed by atoms with Crippen LogP contribution in [0.4, 0.5) is 5.69 Å². The van der Waals surface area contributed by atoms with Gasteiger partial charge in [0, 0.05) is 23.5 Å². The molecule has 0 saturated carbocycles. The Morgan fingerprint density at radius 1 is 1.39 bits per heavy atom. The number of ether oxygens (including phenoxy) is 1. The van der Waals surface area contributed by atoms with Crippen LogP contribution in [0.1, 0.15) is 17.3 Å². The second-order valence-corrected chi connectivity index (χ2v) is 6.57. The Hall–Kier alpha value is -2.39. The highest BCUT2D eigenvalue weighted by atomic mass is 35.5. The molecule has 1 aromatic carbocycles. The van der Waals surface area contributed by atoms with Crippen molar-refractivity contribution in [3.8, 4) is 0 Å². The highest BCUT2D eigenvalue weighted by molar-refractivity contribution is 7.90. The fourth-order valence-corrected chi connectivity index (χ4v) is 3.44. The van der Waals surface area contributed by atoms with Crippen molar-refractivity contribution in [2.75, 3.05) is 6.61 Å². The van der Waals surface area contributed by atoms with Gasteiger partial charge in [0.05, 0.1) is 17.1 Å². The van der Waals surface area contributed by atoms with Gasteiger partial charge in [0.1, 0.15) is 0 Å². The number of hydrogen-bond donors (Lipinski definition) is 0. The molecular weight excluding hydrogens is 348 g/mol. The lowest BCUT2D eigenvalue weighted by atomic mass is 10.3. The summed E-state index contributed by atoms with van der Waals surface area (Å²) in [6.45, 7) is 1.75. The Morgan fingerprint density at radius 2 is 2.09 bits per heavy atom. The summed E-state index contributed by atoms with van der Waals surface area (Å²) in [4.78, 5) is 21.2. The maximum absolute atomic E-state index is 12.6. The van der Waals surface area contributed by atoms with E-state index in [0.717, 1.165) is 24.5 Å². The third-order valence-electron chi connectivity index (χ3n) is 2.85. The molecule has 0 aliphatic heterocycles. The summed E-state index contributed by atoms with van der Waals surface area (Å²) in [5.41, 5.74) is -0.596. The standard InChI is InChI=1S/C13H11ClN2O6S/c1-2-22-13(17)9-5-6-15(8-9)23(20,21)12-7-10(14)3-4-11(12)16(18)19/h3-8H,2H2,1H3. The maximum Gasteiger partial charge on any atom is 0.339 e. The van der Waals surface area contributed by atoms with Crippen LogP contribution in [0.5, 0.6) is 0 Å². The van der Waals surface area contributed by atoms with E-state index in [9.17, 15) is 23.3 Å². The van der Waals surface area contributed by atoms with E-state index in [0.29, 0.717) is 3.97 Å². The minimum absolute atomic E-state index is 0.0140. The normalized spacial score (nSPS) is 11.2. The molecule has 0 amide bonds. The summed E-state index contributed by atoms with van der Waals surface area (Å²) in [6.07, 6.45) is 2.13. The molecule has 0 N–H and O–H groups in total. The molecule has 0 aliphatic rings. The van der Waals surface area contributed by atoms with Crippen molar-refractivity contribution in [2.24, 2.45) is 0 Å². The molecule has 1 aromatic heterocycles. The number of rotatable bonds is 5. The van der Waals surface area contributed by atoms with Crippen LogP contribution in [0.25, 0.3) is 0 Å². The quantitative estimate of drug-likeness (QED) is 0.461. The number of nitrogens with zero attached hydrogens (tertiary/aromatic N) is 2. The lowest BCUT2D eigenvalue weighted by Gasteiger charge is -2.07. The van der Waals surface area contributed by atoms with Crippen molar-refractivity contribution in [1.29, 1.82) is 0 Å². The number of carbonyl (C=O) groups is 1. The number of carbonyl (C=O) groups excluding carboxylic acids is 1.